The van der Waals surface area contributed by atoms with Gasteiger partial charge < -0.3 is 20.3 Å². The number of H-pyrrole nitrogens is 1. The first-order valence-corrected chi connectivity index (χ1v) is 4.83. The molecule has 0 aliphatic heterocycles. The van der Waals surface area contributed by atoms with Crippen molar-refractivity contribution >= 4 is 21.8 Å². The quantitative estimate of drug-likeness (QED) is 0.435. The minimum absolute atomic E-state index is 0.118. The second-order valence-electron chi connectivity index (χ2n) is 3.68. The molecule has 4 heteroatoms. The number of aromatic hydroxyl groups is 3. The van der Waals surface area contributed by atoms with Crippen molar-refractivity contribution in [1.82, 2.24) is 4.98 Å². The van der Waals surface area contributed by atoms with Gasteiger partial charge in [-0.25, -0.2) is 0 Å². The molecule has 0 bridgehead atoms. The molecule has 0 saturated heterocycles. The number of benzene rings is 2. The third-order valence-electron chi connectivity index (χ3n) is 2.74. The van der Waals surface area contributed by atoms with Gasteiger partial charge in [0.05, 0.1) is 11.0 Å². The van der Waals surface area contributed by atoms with E-state index in [9.17, 15) is 15.3 Å². The molecular weight excluding hydrogens is 206 g/mol. The molecule has 0 unspecified atom stereocenters. The summed E-state index contributed by atoms with van der Waals surface area (Å²) in [4.78, 5) is 2.90. The lowest BCUT2D eigenvalue weighted by Crippen LogP contribution is -1.71. The fourth-order valence-electron chi connectivity index (χ4n) is 1.95. The summed E-state index contributed by atoms with van der Waals surface area (Å²) in [6.07, 6.45) is 0. The number of hydrogen-bond acceptors (Lipinski definition) is 3. The molecular formula is C12H9NO3. The highest BCUT2D eigenvalue weighted by molar-refractivity contribution is 6.11. The molecule has 3 aromatic rings. The lowest BCUT2D eigenvalue weighted by Gasteiger charge is -1.97. The summed E-state index contributed by atoms with van der Waals surface area (Å²) in [5.74, 6) is -0.265. The normalized spacial score (nSPS) is 11.2. The van der Waals surface area contributed by atoms with Gasteiger partial charge in [0.15, 0.2) is 11.5 Å². The summed E-state index contributed by atoms with van der Waals surface area (Å²) in [6, 6.07) is 8.26. The van der Waals surface area contributed by atoms with Gasteiger partial charge in [-0.3, -0.25) is 0 Å². The van der Waals surface area contributed by atoms with Crippen molar-refractivity contribution in [2.24, 2.45) is 0 Å². The largest absolute Gasteiger partial charge is 0.506 e. The summed E-state index contributed by atoms with van der Waals surface area (Å²) in [7, 11) is 0. The van der Waals surface area contributed by atoms with Gasteiger partial charge in [-0.2, -0.15) is 0 Å². The van der Waals surface area contributed by atoms with Crippen LogP contribution in [0.25, 0.3) is 21.8 Å². The molecule has 0 saturated carbocycles. The molecule has 1 aromatic heterocycles. The zero-order valence-electron chi connectivity index (χ0n) is 8.23. The van der Waals surface area contributed by atoms with Crippen LogP contribution in [0.2, 0.25) is 0 Å². The van der Waals surface area contributed by atoms with Crippen LogP contribution in [-0.2, 0) is 0 Å². The second kappa shape index (κ2) is 2.82. The maximum atomic E-state index is 9.69. The van der Waals surface area contributed by atoms with Crippen molar-refractivity contribution in [1.29, 1.82) is 0 Å². The highest BCUT2D eigenvalue weighted by Crippen LogP contribution is 2.38. The lowest BCUT2D eigenvalue weighted by atomic mass is 10.1. The van der Waals surface area contributed by atoms with E-state index in [1.807, 2.05) is 6.07 Å². The molecule has 4 N–H and O–H groups in total. The first-order chi connectivity index (χ1) is 7.68. The van der Waals surface area contributed by atoms with Crippen LogP contribution in [0, 0.1) is 0 Å². The molecule has 3 rings (SSSR count). The summed E-state index contributed by atoms with van der Waals surface area (Å²) < 4.78 is 0. The minimum Gasteiger partial charge on any atom is -0.506 e. The van der Waals surface area contributed by atoms with Gasteiger partial charge in [0, 0.05) is 10.8 Å². The Balaban J connectivity index is 2.60. The number of fused-ring (bicyclic) bond motifs is 3. The van der Waals surface area contributed by atoms with Crippen LogP contribution in [0.3, 0.4) is 0 Å². The zero-order valence-corrected chi connectivity index (χ0v) is 8.23. The number of nitrogens with one attached hydrogen (secondary N) is 1. The Morgan fingerprint density at radius 1 is 0.750 bits per heavy atom. The Morgan fingerprint density at radius 3 is 2.31 bits per heavy atom. The second-order valence-corrected chi connectivity index (χ2v) is 3.68. The van der Waals surface area contributed by atoms with E-state index in [4.69, 9.17) is 0 Å². The van der Waals surface area contributed by atoms with E-state index >= 15 is 0 Å². The Bertz CT molecular complexity index is 700. The van der Waals surface area contributed by atoms with Crippen LogP contribution in [0.4, 0.5) is 0 Å². The lowest BCUT2D eigenvalue weighted by molar-refractivity contribution is 0.407. The maximum absolute atomic E-state index is 9.69. The summed E-state index contributed by atoms with van der Waals surface area (Å²) in [5.41, 5.74) is 0.981. The van der Waals surface area contributed by atoms with E-state index in [1.54, 1.807) is 18.2 Å². The number of phenols is 3. The standard InChI is InChI=1S/C12H9NO3/c14-8-3-1-2-6-7-4-5-9(15)12(16)11(7)13-10(6)8/h1-5,13-16H. The number of aromatic amines is 1. The van der Waals surface area contributed by atoms with E-state index < -0.39 is 0 Å². The van der Waals surface area contributed by atoms with E-state index in [2.05, 4.69) is 4.98 Å². The average molecular weight is 215 g/mol. The van der Waals surface area contributed by atoms with Crippen molar-refractivity contribution in [2.45, 2.75) is 0 Å². The third-order valence-corrected chi connectivity index (χ3v) is 2.74. The van der Waals surface area contributed by atoms with E-state index in [0.717, 1.165) is 10.8 Å². The van der Waals surface area contributed by atoms with Crippen molar-refractivity contribution in [3.63, 3.8) is 0 Å². The molecule has 0 amide bonds. The number of rotatable bonds is 0. The van der Waals surface area contributed by atoms with Gasteiger partial charge in [0.1, 0.15) is 5.75 Å². The predicted molar refractivity (Wildman–Crippen MR) is 60.8 cm³/mol. The molecule has 80 valence electrons. The highest BCUT2D eigenvalue weighted by atomic mass is 16.3. The predicted octanol–water partition coefficient (Wildman–Crippen LogP) is 2.44. The van der Waals surface area contributed by atoms with Gasteiger partial charge in [-0.15, -0.1) is 0 Å². The number of phenolic OH excluding ortho intramolecular Hbond substituents is 3. The molecule has 0 fully saturated rings. The molecule has 0 radical (unpaired) electrons. The molecule has 16 heavy (non-hydrogen) atoms. The van der Waals surface area contributed by atoms with E-state index in [1.165, 1.54) is 6.07 Å². The monoisotopic (exact) mass is 215 g/mol. The molecule has 1 heterocycles. The van der Waals surface area contributed by atoms with Crippen LogP contribution in [-0.4, -0.2) is 20.3 Å². The fraction of sp³-hybridized carbons (Fsp3) is 0. The van der Waals surface area contributed by atoms with Crippen molar-refractivity contribution in [2.75, 3.05) is 0 Å². The summed E-state index contributed by atoms with van der Waals surface area (Å²) in [5, 5.41) is 30.3. The fourth-order valence-corrected chi connectivity index (χ4v) is 1.95. The van der Waals surface area contributed by atoms with Gasteiger partial charge >= 0.3 is 0 Å². The summed E-state index contributed by atoms with van der Waals surface area (Å²) >= 11 is 0. The number of aromatic nitrogens is 1. The molecule has 4 nitrogen and oxygen atoms in total. The maximum Gasteiger partial charge on any atom is 0.182 e. The summed E-state index contributed by atoms with van der Waals surface area (Å²) in [6.45, 7) is 0. The Kier molecular flexibility index (Phi) is 1.57. The number of hydrogen-bond donors (Lipinski definition) is 4. The SMILES string of the molecule is Oc1ccc2c([nH]c3c(O)cccc32)c1O. The first kappa shape index (κ1) is 8.91. The minimum atomic E-state index is -0.201. The first-order valence-electron chi connectivity index (χ1n) is 4.83. The van der Waals surface area contributed by atoms with Crippen molar-refractivity contribution < 1.29 is 15.3 Å². The van der Waals surface area contributed by atoms with Gasteiger partial charge in [-0.1, -0.05) is 12.1 Å². The Morgan fingerprint density at radius 2 is 1.50 bits per heavy atom. The average Bonchev–Trinajstić information content (AvgIpc) is 2.65. The van der Waals surface area contributed by atoms with Crippen molar-refractivity contribution in [3.05, 3.63) is 30.3 Å². The molecule has 0 spiro atoms. The van der Waals surface area contributed by atoms with E-state index in [0.29, 0.717) is 11.0 Å². The van der Waals surface area contributed by atoms with Crippen LogP contribution < -0.4 is 0 Å². The van der Waals surface area contributed by atoms with E-state index in [-0.39, 0.29) is 17.2 Å². The van der Waals surface area contributed by atoms with Crippen LogP contribution in [0.15, 0.2) is 30.3 Å². The van der Waals surface area contributed by atoms with Gasteiger partial charge in [0.2, 0.25) is 0 Å². The Hall–Kier alpha value is -2.36. The molecule has 0 aliphatic carbocycles. The zero-order chi connectivity index (χ0) is 11.3. The van der Waals surface area contributed by atoms with Crippen LogP contribution in [0.1, 0.15) is 0 Å². The van der Waals surface area contributed by atoms with Gasteiger partial charge in [0.25, 0.3) is 0 Å². The molecule has 0 aliphatic rings. The van der Waals surface area contributed by atoms with Crippen LogP contribution in [0.5, 0.6) is 17.2 Å². The molecule has 2 aromatic carbocycles. The topological polar surface area (TPSA) is 76.5 Å². The smallest absolute Gasteiger partial charge is 0.182 e. The van der Waals surface area contributed by atoms with Crippen molar-refractivity contribution in [3.8, 4) is 17.2 Å². The van der Waals surface area contributed by atoms with Gasteiger partial charge in [-0.05, 0) is 18.2 Å². The third kappa shape index (κ3) is 0.982. The highest BCUT2D eigenvalue weighted by Gasteiger charge is 2.12. The number of para-hydroxylation sites is 1. The Labute approximate surface area is 90.4 Å². The molecule has 0 atom stereocenters. The van der Waals surface area contributed by atoms with Crippen LogP contribution >= 0.6 is 0 Å².